The van der Waals surface area contributed by atoms with Crippen LogP contribution >= 0.6 is 22.9 Å². The Kier molecular flexibility index (Phi) is 6.99. The van der Waals surface area contributed by atoms with E-state index in [4.69, 9.17) is 22.1 Å². The van der Waals surface area contributed by atoms with E-state index in [1.54, 1.807) is 22.3 Å². The van der Waals surface area contributed by atoms with Gasteiger partial charge in [-0.2, -0.15) is 0 Å². The molecule has 0 saturated carbocycles. The number of rotatable bonds is 7. The van der Waals surface area contributed by atoms with E-state index in [1.807, 2.05) is 24.3 Å². The number of unbranched alkanes of at least 4 members (excludes halogenated alkanes) is 1. The van der Waals surface area contributed by atoms with Gasteiger partial charge in [-0.1, -0.05) is 29.8 Å². The fourth-order valence-corrected chi connectivity index (χ4v) is 5.94. The lowest BCUT2D eigenvalue weighted by molar-refractivity contribution is -0.118. The Labute approximate surface area is 213 Å². The van der Waals surface area contributed by atoms with Gasteiger partial charge in [0.1, 0.15) is 5.00 Å². The number of hydrogen-bond acceptors (Lipinski definition) is 6. The Morgan fingerprint density at radius 1 is 1.14 bits per heavy atom. The van der Waals surface area contributed by atoms with Gasteiger partial charge < -0.3 is 20.7 Å². The molecule has 0 radical (unpaired) electrons. The predicted octanol–water partition coefficient (Wildman–Crippen LogP) is 4.37. The lowest BCUT2D eigenvalue weighted by Gasteiger charge is -2.37. The number of piperazine rings is 1. The van der Waals surface area contributed by atoms with Crippen molar-refractivity contribution < 1.29 is 14.3 Å². The van der Waals surface area contributed by atoms with Crippen LogP contribution in [0.3, 0.4) is 0 Å². The monoisotopic (exact) mass is 513 g/mol. The van der Waals surface area contributed by atoms with Crippen molar-refractivity contribution in [3.05, 3.63) is 47.5 Å². The summed E-state index contributed by atoms with van der Waals surface area (Å²) >= 11 is 7.89. The molecule has 0 unspecified atom stereocenters. The molecule has 2 aliphatic heterocycles. The summed E-state index contributed by atoms with van der Waals surface area (Å²) in [6.07, 6.45) is 1.86. The van der Waals surface area contributed by atoms with Crippen LogP contribution in [0, 0.1) is 0 Å². The zero-order valence-corrected chi connectivity index (χ0v) is 20.9. The second-order valence-electron chi connectivity index (χ2n) is 8.79. The third kappa shape index (κ3) is 5.32. The Bertz CT molecular complexity index is 1210. The molecule has 0 aliphatic carbocycles. The molecule has 1 saturated heterocycles. The van der Waals surface area contributed by atoms with Gasteiger partial charge >= 0.3 is 6.03 Å². The lowest BCUT2D eigenvalue weighted by atomic mass is 10.1. The Balaban J connectivity index is 1.12. The molecule has 3 heterocycles. The van der Waals surface area contributed by atoms with Crippen LogP contribution in [0.15, 0.2) is 42.5 Å². The van der Waals surface area contributed by atoms with Gasteiger partial charge in [0.2, 0.25) is 0 Å². The summed E-state index contributed by atoms with van der Waals surface area (Å²) in [5.41, 5.74) is 7.24. The summed E-state index contributed by atoms with van der Waals surface area (Å²) in [7, 11) is 0. The molecule has 2 aromatic carbocycles. The van der Waals surface area contributed by atoms with Crippen molar-refractivity contribution in [1.29, 1.82) is 0 Å². The van der Waals surface area contributed by atoms with E-state index in [0.29, 0.717) is 23.0 Å². The summed E-state index contributed by atoms with van der Waals surface area (Å²) < 4.78 is 6.86. The molecule has 184 valence electrons. The van der Waals surface area contributed by atoms with E-state index < -0.39 is 6.03 Å². The number of carbonyl (C=O) groups is 2. The maximum absolute atomic E-state index is 12.1. The predicted molar refractivity (Wildman–Crippen MR) is 142 cm³/mol. The average molecular weight is 514 g/mol. The first-order chi connectivity index (χ1) is 17.0. The van der Waals surface area contributed by atoms with Crippen LogP contribution in [0.25, 0.3) is 10.1 Å². The molecule has 5 rings (SSSR count). The van der Waals surface area contributed by atoms with Crippen LogP contribution in [0.5, 0.6) is 5.75 Å². The molecular weight excluding hydrogens is 486 g/mol. The minimum Gasteiger partial charge on any atom is -0.479 e. The van der Waals surface area contributed by atoms with Gasteiger partial charge in [-0.25, -0.2) is 4.79 Å². The van der Waals surface area contributed by atoms with Crippen molar-refractivity contribution in [2.75, 3.05) is 61.0 Å². The maximum atomic E-state index is 12.1. The number of thiophene rings is 1. The number of halogens is 1. The van der Waals surface area contributed by atoms with Gasteiger partial charge in [0.15, 0.2) is 12.4 Å². The zero-order chi connectivity index (χ0) is 24.4. The summed E-state index contributed by atoms with van der Waals surface area (Å²) in [4.78, 5) is 30.1. The van der Waals surface area contributed by atoms with Crippen molar-refractivity contribution in [1.82, 2.24) is 4.90 Å². The summed E-state index contributed by atoms with van der Waals surface area (Å²) in [6, 6.07) is 13.4. The van der Waals surface area contributed by atoms with Gasteiger partial charge in [0.05, 0.1) is 11.4 Å². The zero-order valence-electron chi connectivity index (χ0n) is 19.3. The van der Waals surface area contributed by atoms with Crippen LogP contribution in [-0.2, 0) is 4.79 Å². The molecule has 0 atom stereocenters. The number of nitrogens with one attached hydrogen (secondary N) is 1. The molecule has 2 aliphatic rings. The number of hydrogen-bond donors (Lipinski definition) is 2. The van der Waals surface area contributed by atoms with Crippen molar-refractivity contribution in [2.24, 2.45) is 5.73 Å². The summed E-state index contributed by atoms with van der Waals surface area (Å²) in [5, 5.41) is 5.44. The minimum absolute atomic E-state index is 0.0193. The molecular formula is C25H28ClN5O3S. The number of carbonyl (C=O) groups excluding carboxylic acids is 2. The molecule has 1 aromatic heterocycles. The summed E-state index contributed by atoms with van der Waals surface area (Å²) in [6.45, 7) is 5.13. The van der Waals surface area contributed by atoms with E-state index in [9.17, 15) is 9.59 Å². The van der Waals surface area contributed by atoms with Crippen LogP contribution < -0.4 is 25.6 Å². The van der Waals surface area contributed by atoms with Crippen LogP contribution in [-0.4, -0.2) is 62.7 Å². The largest absolute Gasteiger partial charge is 0.479 e. The third-order valence-corrected chi connectivity index (χ3v) is 7.78. The second kappa shape index (κ2) is 10.3. The Morgan fingerprint density at radius 3 is 2.71 bits per heavy atom. The number of urea groups is 1. The highest BCUT2D eigenvalue weighted by Gasteiger charge is 2.26. The van der Waals surface area contributed by atoms with Gasteiger partial charge in [-0.3, -0.25) is 14.6 Å². The minimum atomic E-state index is -0.409. The second-order valence-corrected chi connectivity index (χ2v) is 10.3. The van der Waals surface area contributed by atoms with Crippen LogP contribution in [0.4, 0.5) is 21.2 Å². The first-order valence-electron chi connectivity index (χ1n) is 11.8. The van der Waals surface area contributed by atoms with E-state index in [2.05, 4.69) is 27.2 Å². The number of anilines is 3. The molecule has 1 fully saturated rings. The summed E-state index contributed by atoms with van der Waals surface area (Å²) in [5.74, 6) is 0.521. The first kappa shape index (κ1) is 23.7. The quantitative estimate of drug-likeness (QED) is 0.458. The number of primary amides is 1. The van der Waals surface area contributed by atoms with E-state index in [1.165, 1.54) is 0 Å². The highest BCUT2D eigenvalue weighted by atomic mass is 35.5. The SMILES string of the molecule is NC(=O)N(CCCCN1CCN(c2cc(Cl)cc3c2OCC(=O)N3)CC1)c1cc2ccccc2s1. The number of nitrogens with two attached hydrogens (primary N) is 1. The number of nitrogens with zero attached hydrogens (tertiary/aromatic N) is 3. The molecule has 8 nitrogen and oxygen atoms in total. The van der Waals surface area contributed by atoms with Crippen molar-refractivity contribution in [3.63, 3.8) is 0 Å². The molecule has 3 aromatic rings. The van der Waals surface area contributed by atoms with Gasteiger partial charge in [-0.15, -0.1) is 11.3 Å². The standard InChI is InChI=1S/C25H28ClN5O3S/c26-18-14-19-24(34-16-22(32)28-19)20(15-18)30-11-9-29(10-12-30)7-3-4-8-31(25(27)33)23-13-17-5-1-2-6-21(17)35-23/h1-2,5-6,13-15H,3-4,7-12,16H2,(H2,27,33)(H,28,32). The third-order valence-electron chi connectivity index (χ3n) is 6.42. The molecule has 10 heteroatoms. The highest BCUT2D eigenvalue weighted by molar-refractivity contribution is 7.23. The highest BCUT2D eigenvalue weighted by Crippen LogP contribution is 2.41. The fraction of sp³-hybridized carbons (Fsp3) is 0.360. The number of fused-ring (bicyclic) bond motifs is 2. The normalized spacial score (nSPS) is 16.0. The molecule has 3 amide bonds. The first-order valence-corrected chi connectivity index (χ1v) is 13.0. The Morgan fingerprint density at radius 2 is 1.94 bits per heavy atom. The van der Waals surface area contributed by atoms with E-state index in [-0.39, 0.29) is 12.5 Å². The molecule has 0 spiro atoms. The van der Waals surface area contributed by atoms with Gasteiger partial charge in [0.25, 0.3) is 5.91 Å². The van der Waals surface area contributed by atoms with Crippen molar-refractivity contribution in [2.45, 2.75) is 12.8 Å². The molecule has 35 heavy (non-hydrogen) atoms. The molecule has 3 N–H and O–H groups in total. The number of amides is 3. The van der Waals surface area contributed by atoms with Crippen molar-refractivity contribution >= 4 is 61.3 Å². The smallest absolute Gasteiger partial charge is 0.319 e. The average Bonchev–Trinajstić information content (AvgIpc) is 3.27. The Hall–Kier alpha value is -3.01. The van der Waals surface area contributed by atoms with E-state index >= 15 is 0 Å². The van der Waals surface area contributed by atoms with Crippen molar-refractivity contribution in [3.8, 4) is 5.75 Å². The molecule has 0 bridgehead atoms. The van der Waals surface area contributed by atoms with E-state index in [0.717, 1.165) is 66.3 Å². The van der Waals surface area contributed by atoms with Gasteiger partial charge in [0, 0.05) is 42.4 Å². The van der Waals surface area contributed by atoms with Gasteiger partial charge in [-0.05, 0) is 49.0 Å². The maximum Gasteiger partial charge on any atom is 0.319 e. The number of benzene rings is 2. The van der Waals surface area contributed by atoms with Crippen LogP contribution in [0.2, 0.25) is 5.02 Å². The number of ether oxygens (including phenoxy) is 1. The lowest BCUT2D eigenvalue weighted by Crippen LogP contribution is -2.47. The fourth-order valence-electron chi connectivity index (χ4n) is 4.63. The topological polar surface area (TPSA) is 91.1 Å². The van der Waals surface area contributed by atoms with Crippen LogP contribution in [0.1, 0.15) is 12.8 Å².